The molecular weight excluding hydrogens is 250 g/mol. The Morgan fingerprint density at radius 2 is 2.10 bits per heavy atom. The molecule has 1 aliphatic carbocycles. The smallest absolute Gasteiger partial charge is 0.179 e. The number of nitrogens with two attached hydrogens (primary N) is 1. The molecular formula is C16H21N3O. The summed E-state index contributed by atoms with van der Waals surface area (Å²) in [5.41, 5.74) is 9.34. The predicted molar refractivity (Wildman–Crippen MR) is 78.4 cm³/mol. The number of ketones is 1. The maximum atomic E-state index is 11.9. The molecule has 1 aliphatic heterocycles. The maximum absolute atomic E-state index is 11.9. The van der Waals surface area contributed by atoms with Crippen molar-refractivity contribution in [3.63, 3.8) is 0 Å². The molecule has 1 heterocycles. The number of benzene rings is 1. The second kappa shape index (κ2) is 4.27. The molecule has 0 saturated carbocycles. The summed E-state index contributed by atoms with van der Waals surface area (Å²) in [6, 6.07) is 8.68. The number of hydrogen-bond donors (Lipinski definition) is 2. The maximum Gasteiger partial charge on any atom is 0.179 e. The molecule has 1 aromatic rings. The topological polar surface area (TPSA) is 58.4 Å². The highest BCUT2D eigenvalue weighted by Crippen LogP contribution is 2.50. The van der Waals surface area contributed by atoms with Crippen LogP contribution in [0, 0.1) is 5.41 Å². The number of fused-ring (bicyclic) bond motifs is 1. The van der Waals surface area contributed by atoms with E-state index in [2.05, 4.69) is 48.3 Å². The minimum absolute atomic E-state index is 0.0210. The van der Waals surface area contributed by atoms with Crippen molar-refractivity contribution in [3.05, 3.63) is 46.9 Å². The van der Waals surface area contributed by atoms with Crippen LogP contribution in [0.1, 0.15) is 37.9 Å². The number of Topliss-reactive ketones (excluding diaryl/α,β-unsaturated/α-hetero) is 1. The van der Waals surface area contributed by atoms with E-state index < -0.39 is 0 Å². The molecule has 4 heteroatoms. The molecule has 1 atom stereocenters. The standard InChI is InChI=1S/C16H21N3O/c1-10(20)13-15(17)18-9-19(13)14-12-7-5-4-6-11(12)8-16(14,2)3/h4-7,14,18H,8-9,17H2,1-3H3. The van der Waals surface area contributed by atoms with Gasteiger partial charge in [0.1, 0.15) is 11.5 Å². The molecule has 2 aliphatic rings. The fraction of sp³-hybridized carbons (Fsp3) is 0.438. The second-order valence-corrected chi connectivity index (χ2v) is 6.39. The van der Waals surface area contributed by atoms with Crippen LogP contribution in [0.5, 0.6) is 0 Å². The monoisotopic (exact) mass is 271 g/mol. The van der Waals surface area contributed by atoms with Gasteiger partial charge in [-0.15, -0.1) is 0 Å². The molecule has 0 amide bonds. The lowest BCUT2D eigenvalue weighted by Gasteiger charge is -2.37. The average Bonchev–Trinajstić information content (AvgIpc) is 2.84. The predicted octanol–water partition coefficient (Wildman–Crippen LogP) is 1.89. The molecule has 106 valence electrons. The average molecular weight is 271 g/mol. The van der Waals surface area contributed by atoms with Crippen LogP contribution in [0.15, 0.2) is 35.8 Å². The molecule has 1 unspecified atom stereocenters. The van der Waals surface area contributed by atoms with Gasteiger partial charge in [-0.1, -0.05) is 38.1 Å². The van der Waals surface area contributed by atoms with Crippen molar-refractivity contribution < 1.29 is 4.79 Å². The first-order valence-corrected chi connectivity index (χ1v) is 7.01. The third kappa shape index (κ3) is 1.79. The zero-order valence-corrected chi connectivity index (χ0v) is 12.2. The SMILES string of the molecule is CC(=O)C1=C(N)NCN1C1c2ccccc2CC1(C)C. The van der Waals surface area contributed by atoms with Crippen molar-refractivity contribution in [2.45, 2.75) is 33.2 Å². The van der Waals surface area contributed by atoms with Gasteiger partial charge in [-0.3, -0.25) is 4.79 Å². The van der Waals surface area contributed by atoms with Gasteiger partial charge < -0.3 is 16.0 Å². The van der Waals surface area contributed by atoms with Gasteiger partial charge >= 0.3 is 0 Å². The van der Waals surface area contributed by atoms with Crippen LogP contribution in [0.2, 0.25) is 0 Å². The van der Waals surface area contributed by atoms with Gasteiger partial charge in [-0.05, 0) is 23.0 Å². The zero-order valence-electron chi connectivity index (χ0n) is 12.2. The summed E-state index contributed by atoms with van der Waals surface area (Å²) in [5, 5.41) is 3.11. The molecule has 0 bridgehead atoms. The van der Waals surface area contributed by atoms with Gasteiger partial charge in [0.2, 0.25) is 0 Å². The van der Waals surface area contributed by atoms with Gasteiger partial charge in [-0.25, -0.2) is 0 Å². The van der Waals surface area contributed by atoms with Crippen molar-refractivity contribution >= 4 is 5.78 Å². The third-order valence-electron chi connectivity index (χ3n) is 4.36. The lowest BCUT2D eigenvalue weighted by atomic mass is 9.84. The van der Waals surface area contributed by atoms with Gasteiger partial charge in [0.05, 0.1) is 12.7 Å². The van der Waals surface area contributed by atoms with E-state index in [-0.39, 0.29) is 17.2 Å². The second-order valence-electron chi connectivity index (χ2n) is 6.39. The van der Waals surface area contributed by atoms with Gasteiger partial charge in [0.25, 0.3) is 0 Å². The molecule has 1 aromatic carbocycles. The highest BCUT2D eigenvalue weighted by Gasteiger charge is 2.45. The first-order chi connectivity index (χ1) is 9.42. The quantitative estimate of drug-likeness (QED) is 0.862. The third-order valence-corrected chi connectivity index (χ3v) is 4.36. The van der Waals surface area contributed by atoms with Crippen molar-refractivity contribution in [1.82, 2.24) is 10.2 Å². The Morgan fingerprint density at radius 1 is 1.40 bits per heavy atom. The van der Waals surface area contributed by atoms with Crippen molar-refractivity contribution in [1.29, 1.82) is 0 Å². The molecule has 0 saturated heterocycles. The van der Waals surface area contributed by atoms with Gasteiger partial charge in [-0.2, -0.15) is 0 Å². The summed E-state index contributed by atoms with van der Waals surface area (Å²) in [5.74, 6) is 0.519. The van der Waals surface area contributed by atoms with Crippen molar-refractivity contribution in [3.8, 4) is 0 Å². The van der Waals surface area contributed by atoms with Crippen LogP contribution in [-0.2, 0) is 11.2 Å². The van der Waals surface area contributed by atoms with Crippen LogP contribution in [-0.4, -0.2) is 17.4 Å². The number of allylic oxidation sites excluding steroid dienone is 1. The number of nitrogens with one attached hydrogen (secondary N) is 1. The fourth-order valence-electron chi connectivity index (χ4n) is 3.66. The van der Waals surface area contributed by atoms with Crippen LogP contribution >= 0.6 is 0 Å². The Kier molecular flexibility index (Phi) is 2.78. The molecule has 3 rings (SSSR count). The zero-order chi connectivity index (χ0) is 14.5. The number of carbonyl (C=O) groups excluding carboxylic acids is 1. The first kappa shape index (κ1) is 13.0. The van der Waals surface area contributed by atoms with Crippen LogP contribution in [0.4, 0.5) is 0 Å². The molecule has 0 radical (unpaired) electrons. The number of rotatable bonds is 2. The van der Waals surface area contributed by atoms with Crippen molar-refractivity contribution in [2.24, 2.45) is 11.1 Å². The molecule has 0 spiro atoms. The number of carbonyl (C=O) groups is 1. The van der Waals surface area contributed by atoms with E-state index in [0.717, 1.165) is 6.42 Å². The summed E-state index contributed by atoms with van der Waals surface area (Å²) >= 11 is 0. The van der Waals surface area contributed by atoms with Crippen LogP contribution in [0.3, 0.4) is 0 Å². The van der Waals surface area contributed by atoms with Crippen LogP contribution < -0.4 is 11.1 Å². The Morgan fingerprint density at radius 3 is 2.80 bits per heavy atom. The van der Waals surface area contributed by atoms with E-state index in [1.54, 1.807) is 6.92 Å². The summed E-state index contributed by atoms with van der Waals surface area (Å²) in [7, 11) is 0. The van der Waals surface area contributed by atoms with E-state index in [1.165, 1.54) is 11.1 Å². The highest BCUT2D eigenvalue weighted by atomic mass is 16.1. The van der Waals surface area contributed by atoms with Gasteiger partial charge in [0.15, 0.2) is 5.78 Å². The lowest BCUT2D eigenvalue weighted by molar-refractivity contribution is -0.115. The summed E-state index contributed by atoms with van der Waals surface area (Å²) < 4.78 is 0. The molecule has 4 nitrogen and oxygen atoms in total. The van der Waals surface area contributed by atoms with E-state index >= 15 is 0 Å². The largest absolute Gasteiger partial charge is 0.384 e. The van der Waals surface area contributed by atoms with E-state index in [1.807, 2.05) is 0 Å². The minimum atomic E-state index is 0.0210. The van der Waals surface area contributed by atoms with Crippen molar-refractivity contribution in [2.75, 3.05) is 6.67 Å². The number of nitrogens with zero attached hydrogens (tertiary/aromatic N) is 1. The minimum Gasteiger partial charge on any atom is -0.384 e. The normalized spacial score (nSPS) is 23.8. The molecule has 0 fully saturated rings. The Balaban J connectivity index is 2.08. The van der Waals surface area contributed by atoms with E-state index in [9.17, 15) is 4.79 Å². The fourth-order valence-corrected chi connectivity index (χ4v) is 3.66. The molecule has 20 heavy (non-hydrogen) atoms. The lowest BCUT2D eigenvalue weighted by Crippen LogP contribution is -2.37. The Hall–Kier alpha value is -1.97. The summed E-state index contributed by atoms with van der Waals surface area (Å²) in [4.78, 5) is 14.1. The van der Waals surface area contributed by atoms with Crippen LogP contribution in [0.25, 0.3) is 0 Å². The Bertz CT molecular complexity index is 603. The Labute approximate surface area is 119 Å². The number of hydrogen-bond acceptors (Lipinski definition) is 4. The van der Waals surface area contributed by atoms with E-state index in [4.69, 9.17) is 5.73 Å². The molecule has 3 N–H and O–H groups in total. The molecule has 0 aromatic heterocycles. The summed E-state index contributed by atoms with van der Waals surface area (Å²) in [6.45, 7) is 6.69. The van der Waals surface area contributed by atoms with Gasteiger partial charge in [0, 0.05) is 6.92 Å². The first-order valence-electron chi connectivity index (χ1n) is 7.01. The van der Waals surface area contributed by atoms with E-state index in [0.29, 0.717) is 18.2 Å². The highest BCUT2D eigenvalue weighted by molar-refractivity contribution is 5.93. The summed E-state index contributed by atoms with van der Waals surface area (Å²) in [6.07, 6.45) is 1.02.